The molecule has 1 aliphatic heterocycles. The second-order valence-electron chi connectivity index (χ2n) is 6.53. The molecule has 132 valence electrons. The lowest BCUT2D eigenvalue weighted by molar-refractivity contribution is 0.414. The van der Waals surface area contributed by atoms with E-state index in [4.69, 9.17) is 9.84 Å². The van der Waals surface area contributed by atoms with Crippen LogP contribution >= 0.6 is 11.3 Å². The third-order valence-corrected chi connectivity index (χ3v) is 5.53. The van der Waals surface area contributed by atoms with Crippen LogP contribution < -0.4 is 9.75 Å². The Morgan fingerprint density at radius 3 is 2.62 bits per heavy atom. The summed E-state index contributed by atoms with van der Waals surface area (Å²) in [6.07, 6.45) is 0.842. The van der Waals surface area contributed by atoms with E-state index in [0.29, 0.717) is 0 Å². The molecular formula is C21H21N3OS. The first-order valence-electron chi connectivity index (χ1n) is 8.64. The van der Waals surface area contributed by atoms with Crippen molar-refractivity contribution < 1.29 is 4.74 Å². The SMILES string of the molecule is COc1cccc(C2=NN(c3nc(C)cs3)[C@@H](c3ccc(C)cc3)C2)c1. The van der Waals surface area contributed by atoms with Crippen molar-refractivity contribution in [3.8, 4) is 5.75 Å². The summed E-state index contributed by atoms with van der Waals surface area (Å²) in [7, 11) is 1.69. The highest BCUT2D eigenvalue weighted by molar-refractivity contribution is 7.13. The predicted octanol–water partition coefficient (Wildman–Crippen LogP) is 5.12. The van der Waals surface area contributed by atoms with Crippen molar-refractivity contribution in [3.63, 3.8) is 0 Å². The zero-order valence-electron chi connectivity index (χ0n) is 15.1. The third-order valence-electron chi connectivity index (χ3n) is 4.58. The van der Waals surface area contributed by atoms with Gasteiger partial charge in [0, 0.05) is 17.4 Å². The minimum absolute atomic E-state index is 0.155. The molecule has 0 fully saturated rings. The second-order valence-corrected chi connectivity index (χ2v) is 7.36. The van der Waals surface area contributed by atoms with Gasteiger partial charge in [0.15, 0.2) is 0 Å². The number of hydrogen-bond acceptors (Lipinski definition) is 5. The summed E-state index contributed by atoms with van der Waals surface area (Å²) >= 11 is 1.64. The van der Waals surface area contributed by atoms with E-state index in [1.807, 2.05) is 25.1 Å². The first-order chi connectivity index (χ1) is 12.6. The molecule has 0 amide bonds. The number of hydrazone groups is 1. The molecule has 0 spiro atoms. The molecule has 5 heteroatoms. The molecule has 2 aromatic carbocycles. The molecule has 0 N–H and O–H groups in total. The summed E-state index contributed by atoms with van der Waals surface area (Å²) in [5, 5.41) is 10.0. The smallest absolute Gasteiger partial charge is 0.206 e. The Bertz CT molecular complexity index is 946. The monoisotopic (exact) mass is 363 g/mol. The van der Waals surface area contributed by atoms with Crippen LogP contribution in [0.3, 0.4) is 0 Å². The van der Waals surface area contributed by atoms with Crippen LogP contribution in [-0.2, 0) is 0 Å². The maximum absolute atomic E-state index is 5.37. The summed E-state index contributed by atoms with van der Waals surface area (Å²) in [4.78, 5) is 4.66. The molecule has 1 atom stereocenters. The van der Waals surface area contributed by atoms with Crippen molar-refractivity contribution in [2.75, 3.05) is 12.1 Å². The average molecular weight is 363 g/mol. The summed E-state index contributed by atoms with van der Waals surface area (Å²) in [5.41, 5.74) is 5.69. The van der Waals surface area contributed by atoms with Crippen molar-refractivity contribution in [2.45, 2.75) is 26.3 Å². The number of nitrogens with zero attached hydrogens (tertiary/aromatic N) is 3. The van der Waals surface area contributed by atoms with Gasteiger partial charge in [-0.2, -0.15) is 5.10 Å². The van der Waals surface area contributed by atoms with Gasteiger partial charge >= 0.3 is 0 Å². The van der Waals surface area contributed by atoms with E-state index in [0.717, 1.165) is 34.3 Å². The number of rotatable bonds is 4. The fourth-order valence-electron chi connectivity index (χ4n) is 3.16. The van der Waals surface area contributed by atoms with Crippen LogP contribution in [0.2, 0.25) is 0 Å². The minimum Gasteiger partial charge on any atom is -0.497 e. The van der Waals surface area contributed by atoms with E-state index in [1.54, 1.807) is 18.4 Å². The molecule has 2 heterocycles. The molecule has 0 saturated heterocycles. The Morgan fingerprint density at radius 1 is 1.12 bits per heavy atom. The molecule has 26 heavy (non-hydrogen) atoms. The standard InChI is InChI=1S/C21H21N3OS/c1-14-7-9-16(10-8-14)20-12-19(17-5-4-6-18(11-17)25-3)23-24(20)21-22-15(2)13-26-21/h4-11,13,20H,12H2,1-3H3/t20-/m1/s1. The van der Waals surface area contributed by atoms with Crippen molar-refractivity contribution in [1.29, 1.82) is 0 Å². The number of aryl methyl sites for hydroxylation is 2. The first-order valence-corrected chi connectivity index (χ1v) is 9.52. The van der Waals surface area contributed by atoms with Crippen molar-refractivity contribution in [3.05, 3.63) is 76.3 Å². The van der Waals surface area contributed by atoms with Crippen LogP contribution in [0.1, 0.15) is 34.8 Å². The van der Waals surface area contributed by atoms with Crippen LogP contribution in [0.5, 0.6) is 5.75 Å². The zero-order valence-corrected chi connectivity index (χ0v) is 16.0. The van der Waals surface area contributed by atoms with Gasteiger partial charge in [0.2, 0.25) is 5.13 Å². The Balaban J connectivity index is 1.73. The topological polar surface area (TPSA) is 37.7 Å². The van der Waals surface area contributed by atoms with Crippen molar-refractivity contribution >= 4 is 22.2 Å². The fourth-order valence-corrected chi connectivity index (χ4v) is 3.96. The van der Waals surface area contributed by atoms with Crippen LogP contribution in [-0.4, -0.2) is 17.8 Å². The second kappa shape index (κ2) is 6.92. The molecule has 0 unspecified atom stereocenters. The summed E-state index contributed by atoms with van der Waals surface area (Å²) < 4.78 is 5.37. The highest BCUT2D eigenvalue weighted by atomic mass is 32.1. The third kappa shape index (κ3) is 3.22. The normalized spacial score (nSPS) is 16.7. The molecule has 1 aromatic heterocycles. The summed E-state index contributed by atoms with van der Waals surface area (Å²) in [6.45, 7) is 4.13. The van der Waals surface area contributed by atoms with Crippen LogP contribution in [0, 0.1) is 13.8 Å². The van der Waals surface area contributed by atoms with Gasteiger partial charge < -0.3 is 4.74 Å². The van der Waals surface area contributed by atoms with E-state index in [2.05, 4.69) is 52.6 Å². The van der Waals surface area contributed by atoms with E-state index < -0.39 is 0 Å². The summed E-state index contributed by atoms with van der Waals surface area (Å²) in [6, 6.07) is 16.9. The lowest BCUT2D eigenvalue weighted by Crippen LogP contribution is -2.18. The first kappa shape index (κ1) is 16.8. The maximum Gasteiger partial charge on any atom is 0.206 e. The van der Waals surface area contributed by atoms with Crippen LogP contribution in [0.15, 0.2) is 59.0 Å². The molecule has 0 aliphatic carbocycles. The maximum atomic E-state index is 5.37. The minimum atomic E-state index is 0.155. The number of anilines is 1. The van der Waals surface area contributed by atoms with Crippen molar-refractivity contribution in [2.24, 2.45) is 5.10 Å². The van der Waals surface area contributed by atoms with E-state index in [-0.39, 0.29) is 6.04 Å². The van der Waals surface area contributed by atoms with Gasteiger partial charge in [-0.05, 0) is 31.5 Å². The fraction of sp³-hybridized carbons (Fsp3) is 0.238. The van der Waals surface area contributed by atoms with Crippen molar-refractivity contribution in [1.82, 2.24) is 4.98 Å². The van der Waals surface area contributed by atoms with E-state index >= 15 is 0 Å². The highest BCUT2D eigenvalue weighted by Gasteiger charge is 2.31. The molecule has 4 nitrogen and oxygen atoms in total. The van der Waals surface area contributed by atoms with Crippen LogP contribution in [0.4, 0.5) is 5.13 Å². The molecule has 0 radical (unpaired) electrons. The van der Waals surface area contributed by atoms with Gasteiger partial charge in [0.25, 0.3) is 0 Å². The van der Waals surface area contributed by atoms with E-state index in [9.17, 15) is 0 Å². The predicted molar refractivity (Wildman–Crippen MR) is 107 cm³/mol. The van der Waals surface area contributed by atoms with Crippen LogP contribution in [0.25, 0.3) is 0 Å². The quantitative estimate of drug-likeness (QED) is 0.645. The number of methoxy groups -OCH3 is 1. The van der Waals surface area contributed by atoms with Gasteiger partial charge in [-0.3, -0.25) is 0 Å². The molecule has 0 bridgehead atoms. The average Bonchev–Trinajstić information content (AvgIpc) is 3.29. The molecule has 1 aliphatic rings. The van der Waals surface area contributed by atoms with Gasteiger partial charge in [0.1, 0.15) is 5.75 Å². The zero-order chi connectivity index (χ0) is 18.1. The molecule has 0 saturated carbocycles. The summed E-state index contributed by atoms with van der Waals surface area (Å²) in [5.74, 6) is 0.848. The number of hydrogen-bond donors (Lipinski definition) is 0. The molecule has 3 aromatic rings. The lowest BCUT2D eigenvalue weighted by Gasteiger charge is -2.21. The molecular weight excluding hydrogens is 342 g/mol. The van der Waals surface area contributed by atoms with Gasteiger partial charge in [-0.1, -0.05) is 42.0 Å². The number of aromatic nitrogens is 1. The van der Waals surface area contributed by atoms with Gasteiger partial charge in [0.05, 0.1) is 24.6 Å². The number of benzene rings is 2. The van der Waals surface area contributed by atoms with E-state index in [1.165, 1.54) is 11.1 Å². The number of ether oxygens (including phenoxy) is 1. The molecule has 4 rings (SSSR count). The van der Waals surface area contributed by atoms with Gasteiger partial charge in [-0.25, -0.2) is 9.99 Å². The highest BCUT2D eigenvalue weighted by Crippen LogP contribution is 2.38. The Labute approximate surface area is 157 Å². The Kier molecular flexibility index (Phi) is 4.47. The number of thiazole rings is 1. The Hall–Kier alpha value is -2.66. The largest absolute Gasteiger partial charge is 0.497 e. The lowest BCUT2D eigenvalue weighted by atomic mass is 9.98. The Morgan fingerprint density at radius 2 is 1.92 bits per heavy atom. The van der Waals surface area contributed by atoms with Gasteiger partial charge in [-0.15, -0.1) is 11.3 Å².